The summed E-state index contributed by atoms with van der Waals surface area (Å²) in [4.78, 5) is 21.7. The van der Waals surface area contributed by atoms with Crippen LogP contribution >= 0.6 is 0 Å². The van der Waals surface area contributed by atoms with Crippen molar-refractivity contribution in [2.75, 3.05) is 0 Å². The molecule has 8 heteroatoms. The number of hydrogen-bond donors (Lipinski definition) is 0. The fourth-order valence-electron chi connectivity index (χ4n) is 3.45. The summed E-state index contributed by atoms with van der Waals surface area (Å²) in [5, 5.41) is 9.64. The van der Waals surface area contributed by atoms with E-state index in [9.17, 15) is 4.79 Å². The van der Waals surface area contributed by atoms with Crippen molar-refractivity contribution >= 4 is 28.2 Å². The number of oxazole rings is 1. The summed E-state index contributed by atoms with van der Waals surface area (Å²) in [5.41, 5.74) is 2.91. The van der Waals surface area contributed by atoms with Crippen molar-refractivity contribution < 1.29 is 9.21 Å². The highest BCUT2D eigenvalue weighted by atomic mass is 16.4. The van der Waals surface area contributed by atoms with E-state index in [1.807, 2.05) is 42.9 Å². The highest BCUT2D eigenvalue weighted by molar-refractivity contribution is 6.47. The summed E-state index contributed by atoms with van der Waals surface area (Å²) < 4.78 is 9.26. The Morgan fingerprint density at radius 3 is 2.82 bits per heavy atom. The fraction of sp³-hybridized carbons (Fsp3) is 0.250. The number of aliphatic imine (C=N–C) groups is 1. The zero-order chi connectivity index (χ0) is 19.3. The zero-order valence-electron chi connectivity index (χ0n) is 15.6. The van der Waals surface area contributed by atoms with Crippen LogP contribution < -0.4 is 0 Å². The average Bonchev–Trinajstić information content (AvgIpc) is 3.43. The molecule has 1 aromatic carbocycles. The minimum atomic E-state index is -0.0777. The molecule has 0 unspecified atom stereocenters. The van der Waals surface area contributed by atoms with Crippen LogP contribution in [0.5, 0.6) is 0 Å². The molecule has 0 saturated heterocycles. The van der Waals surface area contributed by atoms with Gasteiger partial charge in [0.1, 0.15) is 23.6 Å². The Hall–Kier alpha value is -3.55. The monoisotopic (exact) mass is 374 g/mol. The predicted molar refractivity (Wildman–Crippen MR) is 104 cm³/mol. The normalized spacial score (nSPS) is 13.8. The summed E-state index contributed by atoms with van der Waals surface area (Å²) in [7, 11) is 0. The summed E-state index contributed by atoms with van der Waals surface area (Å²) in [6.07, 6.45) is 5.92. The summed E-state index contributed by atoms with van der Waals surface area (Å²) in [6.45, 7) is 4.98. The van der Waals surface area contributed by atoms with E-state index < -0.39 is 0 Å². The lowest BCUT2D eigenvalue weighted by Gasteiger charge is -2.14. The molecule has 0 atom stereocenters. The molecule has 0 N–H and O–H groups in total. The quantitative estimate of drug-likeness (QED) is 0.547. The van der Waals surface area contributed by atoms with Crippen LogP contribution in [0.4, 0.5) is 5.82 Å². The smallest absolute Gasteiger partial charge is 0.231 e. The molecule has 4 aromatic rings. The van der Waals surface area contributed by atoms with E-state index in [4.69, 9.17) is 4.42 Å². The highest BCUT2D eigenvalue weighted by Crippen LogP contribution is 2.33. The van der Waals surface area contributed by atoms with Crippen LogP contribution in [-0.4, -0.2) is 36.0 Å². The van der Waals surface area contributed by atoms with Crippen LogP contribution in [0.25, 0.3) is 22.4 Å². The van der Waals surface area contributed by atoms with Crippen molar-refractivity contribution in [3.8, 4) is 11.5 Å². The molecule has 0 aliphatic carbocycles. The Labute approximate surface area is 160 Å². The Balaban J connectivity index is 1.61. The lowest BCUT2D eigenvalue weighted by molar-refractivity contribution is -0.113. The van der Waals surface area contributed by atoms with Gasteiger partial charge in [-0.3, -0.25) is 9.48 Å². The maximum absolute atomic E-state index is 12.7. The number of Topliss-reactive ketones (excluding diaryl/α,β-unsaturated/α-hetero) is 1. The number of benzene rings is 1. The lowest BCUT2D eigenvalue weighted by Crippen LogP contribution is -2.25. The predicted octanol–water partition coefficient (Wildman–Crippen LogP) is 3.17. The molecule has 0 fully saturated rings. The van der Waals surface area contributed by atoms with Gasteiger partial charge in [0.2, 0.25) is 11.7 Å². The summed E-state index contributed by atoms with van der Waals surface area (Å²) in [6, 6.07) is 5.85. The Morgan fingerprint density at radius 1 is 1.14 bits per heavy atom. The van der Waals surface area contributed by atoms with Crippen molar-refractivity contribution in [1.29, 1.82) is 0 Å². The number of carbonyl (C=O) groups excluding carboxylic acids is 1. The Kier molecular flexibility index (Phi) is 3.71. The minimum absolute atomic E-state index is 0.0777. The molecule has 0 amide bonds. The molecule has 0 spiro atoms. The van der Waals surface area contributed by atoms with E-state index in [-0.39, 0.29) is 12.3 Å². The summed E-state index contributed by atoms with van der Waals surface area (Å²) in [5.74, 6) is 1.77. The molecule has 0 radical (unpaired) electrons. The van der Waals surface area contributed by atoms with Crippen LogP contribution in [0.2, 0.25) is 0 Å². The molecular formula is C20H18N6O2. The van der Waals surface area contributed by atoms with E-state index in [0.717, 1.165) is 35.2 Å². The second-order valence-corrected chi connectivity index (χ2v) is 6.64. The third-order valence-corrected chi connectivity index (χ3v) is 4.93. The van der Waals surface area contributed by atoms with Gasteiger partial charge in [-0.25, -0.2) is 14.7 Å². The van der Waals surface area contributed by atoms with Crippen LogP contribution in [0.15, 0.2) is 46.2 Å². The standard InChI is InChI=1S/C20H18N6O2/c1-3-14-9-21-20(28-14)15-10-23-26-11-17(27)18(24-19(15)26)12-5-6-16-13(7-12)8-22-25(16)4-2/h5-10H,3-4,11H2,1-2H3. The van der Waals surface area contributed by atoms with Crippen molar-refractivity contribution in [2.24, 2.45) is 4.99 Å². The van der Waals surface area contributed by atoms with E-state index in [1.54, 1.807) is 17.1 Å². The second kappa shape index (κ2) is 6.26. The molecule has 28 heavy (non-hydrogen) atoms. The van der Waals surface area contributed by atoms with Gasteiger partial charge in [0.05, 0.1) is 24.1 Å². The van der Waals surface area contributed by atoms with E-state index >= 15 is 0 Å². The second-order valence-electron chi connectivity index (χ2n) is 6.64. The molecule has 140 valence electrons. The van der Waals surface area contributed by atoms with Gasteiger partial charge >= 0.3 is 0 Å². The van der Waals surface area contributed by atoms with Gasteiger partial charge in [-0.1, -0.05) is 13.0 Å². The number of ketones is 1. The largest absolute Gasteiger partial charge is 0.441 e. The third kappa shape index (κ3) is 2.49. The maximum atomic E-state index is 12.7. The molecule has 3 aromatic heterocycles. The molecule has 8 nitrogen and oxygen atoms in total. The first kappa shape index (κ1) is 16.6. The fourth-order valence-corrected chi connectivity index (χ4v) is 3.45. The SMILES string of the molecule is CCc1cnc(-c2cnn3c2N=C(c2ccc4c(cnn4CC)c2)C(=O)C3)o1. The molecule has 0 bridgehead atoms. The van der Waals surface area contributed by atoms with Crippen molar-refractivity contribution in [1.82, 2.24) is 24.5 Å². The number of rotatable bonds is 4. The Morgan fingerprint density at radius 2 is 2.04 bits per heavy atom. The van der Waals surface area contributed by atoms with Crippen LogP contribution in [-0.2, 0) is 24.3 Å². The molecule has 1 aliphatic rings. The number of fused-ring (bicyclic) bond motifs is 2. The number of aromatic nitrogens is 5. The minimum Gasteiger partial charge on any atom is -0.441 e. The lowest BCUT2D eigenvalue weighted by atomic mass is 10.0. The van der Waals surface area contributed by atoms with Crippen LogP contribution in [0, 0.1) is 0 Å². The van der Waals surface area contributed by atoms with Gasteiger partial charge in [-0.05, 0) is 19.1 Å². The molecule has 0 saturated carbocycles. The number of aryl methyl sites for hydroxylation is 2. The molecule has 1 aliphatic heterocycles. The maximum Gasteiger partial charge on any atom is 0.231 e. The highest BCUT2D eigenvalue weighted by Gasteiger charge is 2.26. The van der Waals surface area contributed by atoms with E-state index in [2.05, 4.69) is 20.2 Å². The first-order chi connectivity index (χ1) is 13.7. The van der Waals surface area contributed by atoms with Gasteiger partial charge in [0, 0.05) is 23.9 Å². The van der Waals surface area contributed by atoms with Gasteiger partial charge in [0.25, 0.3) is 0 Å². The Bertz CT molecular complexity index is 1240. The van der Waals surface area contributed by atoms with Gasteiger partial charge < -0.3 is 4.42 Å². The summed E-state index contributed by atoms with van der Waals surface area (Å²) >= 11 is 0. The van der Waals surface area contributed by atoms with Crippen molar-refractivity contribution in [3.63, 3.8) is 0 Å². The van der Waals surface area contributed by atoms with Crippen molar-refractivity contribution in [2.45, 2.75) is 33.4 Å². The van der Waals surface area contributed by atoms with Gasteiger partial charge in [-0.15, -0.1) is 0 Å². The van der Waals surface area contributed by atoms with Gasteiger partial charge in [-0.2, -0.15) is 10.2 Å². The molecular weight excluding hydrogens is 356 g/mol. The third-order valence-electron chi connectivity index (χ3n) is 4.93. The number of nitrogens with zero attached hydrogens (tertiary/aromatic N) is 6. The van der Waals surface area contributed by atoms with Gasteiger partial charge in [0.15, 0.2) is 5.82 Å². The van der Waals surface area contributed by atoms with Crippen molar-refractivity contribution in [3.05, 3.63) is 48.1 Å². The molecule has 4 heterocycles. The number of carbonyl (C=O) groups is 1. The van der Waals surface area contributed by atoms with E-state index in [0.29, 0.717) is 23.0 Å². The molecule has 5 rings (SSSR count). The topological polar surface area (TPSA) is 91.1 Å². The van der Waals surface area contributed by atoms with Crippen LogP contribution in [0.3, 0.4) is 0 Å². The first-order valence-electron chi connectivity index (χ1n) is 9.26. The zero-order valence-corrected chi connectivity index (χ0v) is 15.6. The average molecular weight is 374 g/mol. The first-order valence-corrected chi connectivity index (χ1v) is 9.26. The van der Waals surface area contributed by atoms with E-state index in [1.165, 1.54) is 0 Å². The van der Waals surface area contributed by atoms with Crippen LogP contribution in [0.1, 0.15) is 25.2 Å². The number of hydrogen-bond acceptors (Lipinski definition) is 6.